The van der Waals surface area contributed by atoms with Crippen LogP contribution in [0.4, 0.5) is 10.3 Å². The fourth-order valence-corrected chi connectivity index (χ4v) is 4.40. The summed E-state index contributed by atoms with van der Waals surface area (Å²) in [5.41, 5.74) is 1.15. The van der Waals surface area contributed by atoms with Crippen LogP contribution in [0.5, 0.6) is 0 Å². The van der Waals surface area contributed by atoms with E-state index in [1.807, 2.05) is 23.1 Å². The maximum atomic E-state index is 13.3. The van der Waals surface area contributed by atoms with Crippen LogP contribution in [0.15, 0.2) is 57.8 Å². The fraction of sp³-hybridized carbons (Fsp3) is 0.320. The van der Waals surface area contributed by atoms with Gasteiger partial charge in [0.15, 0.2) is 0 Å². The van der Waals surface area contributed by atoms with Crippen molar-refractivity contribution in [1.29, 1.82) is 0 Å². The molecule has 1 saturated carbocycles. The summed E-state index contributed by atoms with van der Waals surface area (Å²) in [5, 5.41) is 4.54. The van der Waals surface area contributed by atoms with Gasteiger partial charge < -0.3 is 14.3 Å². The number of para-hydroxylation sites is 1. The molecule has 0 spiro atoms. The van der Waals surface area contributed by atoms with E-state index in [1.54, 1.807) is 35.2 Å². The molecule has 2 aliphatic rings. The number of aromatic amines is 1. The number of hydrogen-bond acceptors (Lipinski definition) is 7. The predicted molar refractivity (Wildman–Crippen MR) is 127 cm³/mol. The standard InChI is InChI=1S/C25H23FN6O3/c26-15-25(9-10-25)23-28-20(30-35-23)16-5-7-17(8-6-16)22(34)31-11-13-32(14-12-31)24-27-19-4-2-1-3-18(19)21(33)29-24/h1-8H,9-15H2,(H,27,29,33). The maximum Gasteiger partial charge on any atom is 0.260 e. The molecule has 178 valence electrons. The molecule has 10 heteroatoms. The predicted octanol–water partition coefficient (Wildman–Crippen LogP) is 2.94. The lowest BCUT2D eigenvalue weighted by molar-refractivity contribution is 0.0746. The number of amides is 1. The second kappa shape index (κ2) is 8.30. The van der Waals surface area contributed by atoms with Crippen molar-refractivity contribution >= 4 is 22.8 Å². The summed E-state index contributed by atoms with van der Waals surface area (Å²) in [4.78, 5) is 41.0. The van der Waals surface area contributed by atoms with Gasteiger partial charge in [-0.15, -0.1) is 0 Å². The Morgan fingerprint density at radius 3 is 2.49 bits per heavy atom. The molecule has 1 N–H and O–H groups in total. The van der Waals surface area contributed by atoms with Crippen LogP contribution in [-0.4, -0.2) is 63.8 Å². The summed E-state index contributed by atoms with van der Waals surface area (Å²) in [5.74, 6) is 1.18. The van der Waals surface area contributed by atoms with E-state index < -0.39 is 12.1 Å². The molecule has 2 fully saturated rings. The number of piperazine rings is 1. The molecule has 1 amide bonds. The van der Waals surface area contributed by atoms with Gasteiger partial charge in [-0.1, -0.05) is 29.4 Å². The van der Waals surface area contributed by atoms with Crippen molar-refractivity contribution in [2.24, 2.45) is 0 Å². The lowest BCUT2D eigenvalue weighted by atomic mass is 10.1. The number of aromatic nitrogens is 4. The molecule has 0 atom stereocenters. The van der Waals surface area contributed by atoms with E-state index in [0.29, 0.717) is 65.9 Å². The fourth-order valence-electron chi connectivity index (χ4n) is 4.40. The van der Waals surface area contributed by atoms with Gasteiger partial charge in [0.25, 0.3) is 11.5 Å². The van der Waals surface area contributed by atoms with Crippen molar-refractivity contribution in [3.05, 3.63) is 70.3 Å². The minimum absolute atomic E-state index is 0.0701. The van der Waals surface area contributed by atoms with Crippen LogP contribution < -0.4 is 10.5 Å². The highest BCUT2D eigenvalue weighted by Gasteiger charge is 2.49. The van der Waals surface area contributed by atoms with Gasteiger partial charge in [-0.25, -0.2) is 9.37 Å². The molecule has 1 aliphatic heterocycles. The second-order valence-corrected chi connectivity index (χ2v) is 9.10. The minimum atomic E-state index is -0.599. The zero-order valence-corrected chi connectivity index (χ0v) is 18.9. The van der Waals surface area contributed by atoms with Crippen molar-refractivity contribution in [3.8, 4) is 11.4 Å². The van der Waals surface area contributed by atoms with Gasteiger partial charge in [0, 0.05) is 37.3 Å². The first kappa shape index (κ1) is 21.5. The van der Waals surface area contributed by atoms with Gasteiger partial charge in [-0.2, -0.15) is 4.98 Å². The number of carbonyl (C=O) groups is 1. The zero-order valence-electron chi connectivity index (χ0n) is 18.9. The van der Waals surface area contributed by atoms with E-state index in [2.05, 4.69) is 20.1 Å². The van der Waals surface area contributed by atoms with Gasteiger partial charge in [0.2, 0.25) is 17.7 Å². The van der Waals surface area contributed by atoms with E-state index in [0.717, 1.165) is 12.8 Å². The number of carbonyl (C=O) groups excluding carboxylic acids is 1. The topological polar surface area (TPSA) is 108 Å². The van der Waals surface area contributed by atoms with Crippen molar-refractivity contribution in [2.45, 2.75) is 18.3 Å². The van der Waals surface area contributed by atoms with Gasteiger partial charge >= 0.3 is 0 Å². The molecule has 0 radical (unpaired) electrons. The van der Waals surface area contributed by atoms with Crippen LogP contribution in [0.2, 0.25) is 0 Å². The lowest BCUT2D eigenvalue weighted by Crippen LogP contribution is -2.49. The molecule has 1 saturated heterocycles. The number of halogens is 1. The molecule has 9 nitrogen and oxygen atoms in total. The Hall–Kier alpha value is -4.08. The first-order valence-corrected chi connectivity index (χ1v) is 11.6. The van der Waals surface area contributed by atoms with Gasteiger partial charge in [0.05, 0.1) is 16.3 Å². The zero-order chi connectivity index (χ0) is 24.0. The second-order valence-electron chi connectivity index (χ2n) is 9.10. The van der Waals surface area contributed by atoms with Crippen molar-refractivity contribution in [3.63, 3.8) is 0 Å². The van der Waals surface area contributed by atoms with E-state index in [-0.39, 0.29) is 11.5 Å². The Kier molecular flexibility index (Phi) is 5.09. The maximum absolute atomic E-state index is 13.3. The van der Waals surface area contributed by atoms with Crippen LogP contribution in [0.25, 0.3) is 22.3 Å². The van der Waals surface area contributed by atoms with E-state index in [1.165, 1.54) is 0 Å². The Balaban J connectivity index is 1.12. The van der Waals surface area contributed by atoms with E-state index in [4.69, 9.17) is 4.52 Å². The highest BCUT2D eigenvalue weighted by Crippen LogP contribution is 2.48. The number of nitrogens with zero attached hydrogens (tertiary/aromatic N) is 5. The summed E-state index contributed by atoms with van der Waals surface area (Å²) in [6, 6.07) is 14.3. The van der Waals surface area contributed by atoms with Crippen LogP contribution in [0.1, 0.15) is 29.1 Å². The minimum Gasteiger partial charge on any atom is -0.339 e. The molecular formula is C25H23FN6O3. The van der Waals surface area contributed by atoms with E-state index in [9.17, 15) is 14.0 Å². The quantitative estimate of drug-likeness (QED) is 0.474. The molecule has 3 heterocycles. The Morgan fingerprint density at radius 2 is 1.77 bits per heavy atom. The monoisotopic (exact) mass is 474 g/mol. The number of rotatable bonds is 5. The molecule has 2 aromatic carbocycles. The van der Waals surface area contributed by atoms with Crippen molar-refractivity contribution in [2.75, 3.05) is 37.8 Å². The Bertz CT molecular complexity index is 1450. The summed E-state index contributed by atoms with van der Waals surface area (Å²) >= 11 is 0. The highest BCUT2D eigenvalue weighted by atomic mass is 19.1. The summed E-state index contributed by atoms with van der Waals surface area (Å²) < 4.78 is 18.5. The third-order valence-corrected chi connectivity index (χ3v) is 6.85. The van der Waals surface area contributed by atoms with Crippen LogP contribution >= 0.6 is 0 Å². The molecule has 4 aromatic rings. The Morgan fingerprint density at radius 1 is 1.03 bits per heavy atom. The number of fused-ring (bicyclic) bond motifs is 1. The molecule has 1 aliphatic carbocycles. The van der Waals surface area contributed by atoms with Crippen LogP contribution in [-0.2, 0) is 5.41 Å². The summed E-state index contributed by atoms with van der Waals surface area (Å²) in [6.07, 6.45) is 1.44. The third-order valence-electron chi connectivity index (χ3n) is 6.85. The molecule has 6 rings (SSSR count). The van der Waals surface area contributed by atoms with Gasteiger partial charge in [0.1, 0.15) is 6.67 Å². The molecular weight excluding hydrogens is 451 g/mol. The highest BCUT2D eigenvalue weighted by molar-refractivity contribution is 5.94. The summed E-state index contributed by atoms with van der Waals surface area (Å²) in [7, 11) is 0. The first-order valence-electron chi connectivity index (χ1n) is 11.6. The lowest BCUT2D eigenvalue weighted by Gasteiger charge is -2.35. The number of nitrogens with one attached hydrogen (secondary N) is 1. The number of alkyl halides is 1. The van der Waals surface area contributed by atoms with E-state index >= 15 is 0 Å². The van der Waals surface area contributed by atoms with Crippen LogP contribution in [0, 0.1) is 0 Å². The first-order chi connectivity index (χ1) is 17.1. The molecule has 0 bridgehead atoms. The van der Waals surface area contributed by atoms with Gasteiger partial charge in [-0.05, 0) is 37.1 Å². The SMILES string of the molecule is O=C(c1ccc(-c2noc(C3(CF)CC3)n2)cc1)N1CCN(c2nc3ccccc3c(=O)[nH]2)CC1. The molecule has 35 heavy (non-hydrogen) atoms. The van der Waals surface area contributed by atoms with Crippen LogP contribution in [0.3, 0.4) is 0 Å². The molecule has 2 aromatic heterocycles. The largest absolute Gasteiger partial charge is 0.339 e. The molecule has 0 unspecified atom stereocenters. The number of H-pyrrole nitrogens is 1. The normalized spacial score (nSPS) is 17.1. The number of anilines is 1. The Labute approximate surface area is 199 Å². The number of benzene rings is 2. The van der Waals surface area contributed by atoms with Gasteiger partial charge in [-0.3, -0.25) is 14.6 Å². The smallest absolute Gasteiger partial charge is 0.260 e. The van der Waals surface area contributed by atoms with Crippen molar-refractivity contribution in [1.82, 2.24) is 25.0 Å². The average molecular weight is 474 g/mol. The average Bonchev–Trinajstić information content (AvgIpc) is 3.55. The third kappa shape index (κ3) is 3.84. The number of hydrogen-bond donors (Lipinski definition) is 1. The van der Waals surface area contributed by atoms with Crippen molar-refractivity contribution < 1.29 is 13.7 Å². The summed E-state index contributed by atoms with van der Waals surface area (Å²) in [6.45, 7) is 1.65.